The highest BCUT2D eigenvalue weighted by Gasteiger charge is 2.23. The number of allylic oxidation sites excluding steroid dienone is 2. The summed E-state index contributed by atoms with van der Waals surface area (Å²) in [4.78, 5) is 41.9. The lowest BCUT2D eigenvalue weighted by atomic mass is 10.2. The Kier molecular flexibility index (Phi) is 4.45. The Labute approximate surface area is 171 Å². The lowest BCUT2D eigenvalue weighted by Gasteiger charge is -2.07. The van der Waals surface area contributed by atoms with E-state index in [9.17, 15) is 14.4 Å². The molecule has 0 aliphatic rings. The SMILES string of the molecule is C/C=C\Cn1c(=O)c2c(nc3n(-c4ccc(C(N)=O)cc4)c(C)c(C)n23)n(C)c1=O. The van der Waals surface area contributed by atoms with Gasteiger partial charge >= 0.3 is 5.69 Å². The van der Waals surface area contributed by atoms with Crippen LogP contribution >= 0.6 is 0 Å². The van der Waals surface area contributed by atoms with Crippen LogP contribution in [0.3, 0.4) is 0 Å². The maximum Gasteiger partial charge on any atom is 0.332 e. The summed E-state index contributed by atoms with van der Waals surface area (Å²) < 4.78 is 6.26. The highest BCUT2D eigenvalue weighted by Crippen LogP contribution is 2.24. The van der Waals surface area contributed by atoms with Crippen molar-refractivity contribution in [3.63, 3.8) is 0 Å². The molecule has 1 aromatic carbocycles. The van der Waals surface area contributed by atoms with Crippen molar-refractivity contribution in [3.05, 3.63) is 74.2 Å². The second kappa shape index (κ2) is 6.87. The molecular weight excluding hydrogens is 384 g/mol. The van der Waals surface area contributed by atoms with Gasteiger partial charge < -0.3 is 5.73 Å². The van der Waals surface area contributed by atoms with E-state index in [1.54, 1.807) is 47.9 Å². The maximum atomic E-state index is 13.2. The van der Waals surface area contributed by atoms with E-state index in [2.05, 4.69) is 4.98 Å². The molecule has 30 heavy (non-hydrogen) atoms. The topological polar surface area (TPSA) is 109 Å². The molecule has 0 spiro atoms. The molecule has 4 aromatic rings. The van der Waals surface area contributed by atoms with Crippen molar-refractivity contribution < 1.29 is 4.79 Å². The van der Waals surface area contributed by atoms with Crippen molar-refractivity contribution in [3.8, 4) is 5.69 Å². The summed E-state index contributed by atoms with van der Waals surface area (Å²) in [6, 6.07) is 6.83. The van der Waals surface area contributed by atoms with E-state index in [0.29, 0.717) is 22.5 Å². The normalized spacial score (nSPS) is 11.9. The minimum absolute atomic E-state index is 0.193. The average Bonchev–Trinajstić information content (AvgIpc) is 3.22. The van der Waals surface area contributed by atoms with Gasteiger partial charge in [0.05, 0.1) is 0 Å². The van der Waals surface area contributed by atoms with Crippen LogP contribution in [0.5, 0.6) is 0 Å². The summed E-state index contributed by atoms with van der Waals surface area (Å²) in [7, 11) is 1.61. The number of carbonyl (C=O) groups is 1. The number of nitrogens with two attached hydrogens (primary N) is 1. The van der Waals surface area contributed by atoms with Crippen LogP contribution in [-0.4, -0.2) is 29.0 Å². The van der Waals surface area contributed by atoms with E-state index in [4.69, 9.17) is 5.73 Å². The number of amides is 1. The minimum atomic E-state index is -0.504. The predicted molar refractivity (Wildman–Crippen MR) is 114 cm³/mol. The van der Waals surface area contributed by atoms with E-state index < -0.39 is 11.6 Å². The third-order valence-corrected chi connectivity index (χ3v) is 5.45. The van der Waals surface area contributed by atoms with E-state index >= 15 is 0 Å². The first-order valence-electron chi connectivity index (χ1n) is 9.49. The fraction of sp³-hybridized carbons (Fsp3) is 0.238. The molecule has 0 atom stereocenters. The molecule has 0 fully saturated rings. The standard InChI is InChI=1S/C21H22N6O3/c1-5-6-11-25-19(29)16-18(24(4)21(25)30)23-20-26(12(2)13(3)27(16)20)15-9-7-14(8-10-15)17(22)28/h5-10H,11H2,1-4H3,(H2,22,28)/b6-5-. The summed E-state index contributed by atoms with van der Waals surface area (Å²) in [6.45, 7) is 5.86. The quantitative estimate of drug-likeness (QED) is 0.517. The number of nitrogens with zero attached hydrogens (tertiary/aromatic N) is 5. The third-order valence-electron chi connectivity index (χ3n) is 5.45. The summed E-state index contributed by atoms with van der Waals surface area (Å²) in [5.74, 6) is 0.0121. The second-order valence-electron chi connectivity index (χ2n) is 7.16. The molecule has 154 valence electrons. The van der Waals surface area contributed by atoms with Crippen LogP contribution in [0.2, 0.25) is 0 Å². The fourth-order valence-electron chi connectivity index (χ4n) is 3.71. The Hall–Kier alpha value is -3.88. The van der Waals surface area contributed by atoms with Gasteiger partial charge in [-0.15, -0.1) is 0 Å². The molecule has 3 aromatic heterocycles. The number of fused-ring (bicyclic) bond motifs is 3. The monoisotopic (exact) mass is 406 g/mol. The number of aromatic nitrogens is 5. The molecule has 0 saturated heterocycles. The lowest BCUT2D eigenvalue weighted by molar-refractivity contribution is 0.100. The molecule has 9 nitrogen and oxygen atoms in total. The van der Waals surface area contributed by atoms with Gasteiger partial charge in [0.2, 0.25) is 11.7 Å². The summed E-state index contributed by atoms with van der Waals surface area (Å²) in [5.41, 5.74) is 8.10. The Balaban J connectivity index is 2.09. The highest BCUT2D eigenvalue weighted by molar-refractivity contribution is 5.93. The first kappa shape index (κ1) is 19.4. The van der Waals surface area contributed by atoms with E-state index in [1.165, 1.54) is 9.13 Å². The number of aryl methyl sites for hydroxylation is 2. The number of imidazole rings is 2. The summed E-state index contributed by atoms with van der Waals surface area (Å²) >= 11 is 0. The first-order chi connectivity index (χ1) is 14.3. The fourth-order valence-corrected chi connectivity index (χ4v) is 3.71. The van der Waals surface area contributed by atoms with Crippen molar-refractivity contribution in [2.75, 3.05) is 0 Å². The van der Waals surface area contributed by atoms with Gasteiger partial charge in [0, 0.05) is 36.2 Å². The Bertz CT molecular complexity index is 1460. The lowest BCUT2D eigenvalue weighted by Crippen LogP contribution is -2.39. The van der Waals surface area contributed by atoms with Gasteiger partial charge in [-0.2, -0.15) is 4.98 Å². The van der Waals surface area contributed by atoms with Gasteiger partial charge in [0.15, 0.2) is 11.2 Å². The molecule has 0 saturated carbocycles. The smallest absolute Gasteiger partial charge is 0.332 e. The molecule has 9 heteroatoms. The largest absolute Gasteiger partial charge is 0.366 e. The maximum absolute atomic E-state index is 13.2. The number of carbonyl (C=O) groups excluding carboxylic acids is 1. The van der Waals surface area contributed by atoms with Gasteiger partial charge in [0.25, 0.3) is 5.56 Å². The first-order valence-corrected chi connectivity index (χ1v) is 9.49. The molecule has 0 unspecified atom stereocenters. The van der Waals surface area contributed by atoms with Crippen LogP contribution < -0.4 is 17.0 Å². The molecule has 4 rings (SSSR count). The van der Waals surface area contributed by atoms with Crippen molar-refractivity contribution >= 4 is 22.8 Å². The number of hydrogen-bond acceptors (Lipinski definition) is 4. The minimum Gasteiger partial charge on any atom is -0.366 e. The number of primary amides is 1. The molecule has 0 radical (unpaired) electrons. The Morgan fingerprint density at radius 1 is 1.13 bits per heavy atom. The van der Waals surface area contributed by atoms with Gasteiger partial charge in [-0.3, -0.25) is 27.7 Å². The molecule has 0 aliphatic carbocycles. The summed E-state index contributed by atoms with van der Waals surface area (Å²) in [6.07, 6.45) is 3.56. The van der Waals surface area contributed by atoms with Crippen molar-refractivity contribution in [2.24, 2.45) is 12.8 Å². The predicted octanol–water partition coefficient (Wildman–Crippen LogP) is 1.43. The van der Waals surface area contributed by atoms with Crippen molar-refractivity contribution in [1.82, 2.24) is 23.1 Å². The van der Waals surface area contributed by atoms with E-state index in [1.807, 2.05) is 25.3 Å². The van der Waals surface area contributed by atoms with Crippen molar-refractivity contribution in [1.29, 1.82) is 0 Å². The molecule has 0 bridgehead atoms. The van der Waals surface area contributed by atoms with Gasteiger partial charge in [-0.25, -0.2) is 4.79 Å². The Morgan fingerprint density at radius 3 is 2.40 bits per heavy atom. The van der Waals surface area contributed by atoms with Gasteiger partial charge in [0.1, 0.15) is 0 Å². The summed E-state index contributed by atoms with van der Waals surface area (Å²) in [5, 5.41) is 0. The molecule has 0 aliphatic heterocycles. The van der Waals surface area contributed by atoms with Crippen LogP contribution in [0.1, 0.15) is 28.7 Å². The third kappa shape index (κ3) is 2.62. The highest BCUT2D eigenvalue weighted by atomic mass is 16.2. The van der Waals surface area contributed by atoms with Crippen LogP contribution in [0, 0.1) is 13.8 Å². The van der Waals surface area contributed by atoms with E-state index in [0.717, 1.165) is 17.1 Å². The zero-order valence-corrected chi connectivity index (χ0v) is 17.2. The number of hydrogen-bond donors (Lipinski definition) is 1. The zero-order valence-electron chi connectivity index (χ0n) is 17.2. The zero-order chi connectivity index (χ0) is 21.7. The molecule has 3 heterocycles. The number of benzene rings is 1. The average molecular weight is 406 g/mol. The molecule has 1 amide bonds. The van der Waals surface area contributed by atoms with Gasteiger partial charge in [-0.05, 0) is 45.0 Å². The molecule has 2 N–H and O–H groups in total. The van der Waals surface area contributed by atoms with E-state index in [-0.39, 0.29) is 12.1 Å². The number of rotatable bonds is 4. The van der Waals surface area contributed by atoms with Gasteiger partial charge in [-0.1, -0.05) is 12.2 Å². The van der Waals surface area contributed by atoms with Crippen LogP contribution in [0.4, 0.5) is 0 Å². The van der Waals surface area contributed by atoms with Crippen LogP contribution in [0.25, 0.3) is 22.6 Å². The second-order valence-corrected chi connectivity index (χ2v) is 7.16. The van der Waals surface area contributed by atoms with Crippen molar-refractivity contribution in [2.45, 2.75) is 27.3 Å². The van der Waals surface area contributed by atoms with Crippen LogP contribution in [0.15, 0.2) is 46.0 Å². The van der Waals surface area contributed by atoms with Crippen LogP contribution in [-0.2, 0) is 13.6 Å². The molecular formula is C21H22N6O3. The Morgan fingerprint density at radius 2 is 1.80 bits per heavy atom.